The molecule has 47 heavy (non-hydrogen) atoms. The summed E-state index contributed by atoms with van der Waals surface area (Å²) in [6, 6.07) is 19.8. The van der Waals surface area contributed by atoms with Gasteiger partial charge in [-0.05, 0) is 99.3 Å². The van der Waals surface area contributed by atoms with Crippen LogP contribution in [-0.2, 0) is 11.2 Å². The lowest BCUT2D eigenvalue weighted by atomic mass is 9.94. The van der Waals surface area contributed by atoms with E-state index in [1.807, 2.05) is 74.6 Å². The summed E-state index contributed by atoms with van der Waals surface area (Å²) in [5.41, 5.74) is 11.0. The summed E-state index contributed by atoms with van der Waals surface area (Å²) >= 11 is 0. The Labute approximate surface area is 275 Å². The number of benzene rings is 3. The minimum absolute atomic E-state index is 0.0694. The summed E-state index contributed by atoms with van der Waals surface area (Å²) < 4.78 is 13.7. The van der Waals surface area contributed by atoms with Crippen molar-refractivity contribution in [1.29, 1.82) is 0 Å². The Morgan fingerprint density at radius 2 is 1.81 bits per heavy atom. The highest BCUT2D eigenvalue weighted by molar-refractivity contribution is 5.98. The fourth-order valence-electron chi connectivity index (χ4n) is 6.54. The fraction of sp³-hybridized carbons (Fsp3) is 0.378. The van der Waals surface area contributed by atoms with Crippen LogP contribution in [-0.4, -0.2) is 58.7 Å². The van der Waals surface area contributed by atoms with E-state index < -0.39 is 0 Å². The molecule has 10 heteroatoms. The first-order valence-electron chi connectivity index (χ1n) is 16.7. The minimum atomic E-state index is -0.207. The van der Waals surface area contributed by atoms with Crippen LogP contribution in [0.25, 0.3) is 33.3 Å². The summed E-state index contributed by atoms with van der Waals surface area (Å²) in [6.07, 6.45) is 8.50. The molecule has 1 aliphatic carbocycles. The van der Waals surface area contributed by atoms with Crippen LogP contribution in [0.1, 0.15) is 67.9 Å². The molecule has 6 rings (SSSR count). The van der Waals surface area contributed by atoms with Gasteiger partial charge in [-0.2, -0.15) is 0 Å². The summed E-state index contributed by atoms with van der Waals surface area (Å²) in [7, 11) is 0. The Balaban J connectivity index is 1.20. The molecule has 0 spiro atoms. The van der Waals surface area contributed by atoms with E-state index in [2.05, 4.69) is 26.3 Å². The smallest absolute Gasteiger partial charge is 0.257 e. The molecule has 246 valence electrons. The lowest BCUT2D eigenvalue weighted by Gasteiger charge is -2.25. The number of rotatable bonds is 13. The fourth-order valence-corrected chi connectivity index (χ4v) is 6.54. The third-order valence-electron chi connectivity index (χ3n) is 8.79. The molecule has 2 amide bonds. The van der Waals surface area contributed by atoms with Gasteiger partial charge in [0.25, 0.3) is 11.8 Å². The zero-order valence-corrected chi connectivity index (χ0v) is 27.2. The van der Waals surface area contributed by atoms with Crippen LogP contribution < -0.4 is 25.8 Å². The number of amides is 2. The molecular formula is C37H44N6O4. The van der Waals surface area contributed by atoms with Gasteiger partial charge in [0.15, 0.2) is 6.61 Å². The van der Waals surface area contributed by atoms with Gasteiger partial charge in [-0.25, -0.2) is 4.98 Å². The number of hydrogen-bond donors (Lipinski definition) is 4. The number of nitrogens with one attached hydrogen (secondary N) is 3. The molecule has 5 N–H and O–H groups in total. The van der Waals surface area contributed by atoms with Crippen molar-refractivity contribution >= 4 is 33.8 Å². The van der Waals surface area contributed by atoms with Gasteiger partial charge in [-0.15, -0.1) is 0 Å². The molecule has 0 unspecified atom stereocenters. The monoisotopic (exact) mass is 636 g/mol. The highest BCUT2D eigenvalue weighted by Crippen LogP contribution is 2.36. The molecule has 5 aromatic rings. The number of nitrogens with zero attached hydrogens (tertiary/aromatic N) is 2. The van der Waals surface area contributed by atoms with Crippen molar-refractivity contribution in [3.05, 3.63) is 78.0 Å². The maximum atomic E-state index is 13.5. The van der Waals surface area contributed by atoms with Crippen molar-refractivity contribution in [3.8, 4) is 22.9 Å². The van der Waals surface area contributed by atoms with Gasteiger partial charge in [0.1, 0.15) is 17.3 Å². The zero-order valence-electron chi connectivity index (χ0n) is 27.2. The van der Waals surface area contributed by atoms with Crippen LogP contribution in [0.3, 0.4) is 0 Å². The van der Waals surface area contributed by atoms with Gasteiger partial charge in [-0.1, -0.05) is 19.3 Å². The number of fused-ring (bicyclic) bond motifs is 2. The number of nitrogens with two attached hydrogens (primary N) is 1. The van der Waals surface area contributed by atoms with Gasteiger partial charge >= 0.3 is 0 Å². The SMILES string of the molecule is CCOc1ccc2[nH]cc(C[C@@H](C)NC(=O)c3ccc4c(c3)nc(-c3ccc(OCC(=O)NCCN)cc3)n4C3CCCCC3)c2c1. The molecule has 1 atom stereocenters. The Morgan fingerprint density at radius 1 is 1.02 bits per heavy atom. The average molecular weight is 637 g/mol. The third kappa shape index (κ3) is 7.44. The highest BCUT2D eigenvalue weighted by Gasteiger charge is 2.23. The number of H-pyrrole nitrogens is 1. The second-order valence-corrected chi connectivity index (χ2v) is 12.3. The number of ether oxygens (including phenoxy) is 2. The van der Waals surface area contributed by atoms with E-state index in [4.69, 9.17) is 20.2 Å². The topological polar surface area (TPSA) is 136 Å². The molecule has 2 aromatic heterocycles. The Kier molecular flexibility index (Phi) is 10.1. The van der Waals surface area contributed by atoms with Crippen molar-refractivity contribution < 1.29 is 19.1 Å². The summed E-state index contributed by atoms with van der Waals surface area (Å²) in [6.45, 7) is 5.35. The van der Waals surface area contributed by atoms with Crippen LogP contribution >= 0.6 is 0 Å². The molecule has 0 aliphatic heterocycles. The van der Waals surface area contributed by atoms with Crippen LogP contribution in [0.4, 0.5) is 0 Å². The van der Waals surface area contributed by atoms with Crippen LogP contribution in [0.5, 0.6) is 11.5 Å². The molecule has 0 saturated heterocycles. The zero-order chi connectivity index (χ0) is 32.8. The first kappa shape index (κ1) is 32.1. The Hall–Kier alpha value is -4.83. The van der Waals surface area contributed by atoms with E-state index in [-0.39, 0.29) is 24.5 Å². The quantitative estimate of drug-likeness (QED) is 0.127. The van der Waals surface area contributed by atoms with Crippen molar-refractivity contribution in [2.75, 3.05) is 26.3 Å². The van der Waals surface area contributed by atoms with Gasteiger partial charge < -0.3 is 35.4 Å². The predicted octanol–water partition coefficient (Wildman–Crippen LogP) is 5.90. The van der Waals surface area contributed by atoms with Gasteiger partial charge in [-0.3, -0.25) is 9.59 Å². The summed E-state index contributed by atoms with van der Waals surface area (Å²) in [5.74, 6) is 1.98. The van der Waals surface area contributed by atoms with Crippen LogP contribution in [0.2, 0.25) is 0 Å². The van der Waals surface area contributed by atoms with Crippen molar-refractivity contribution in [2.24, 2.45) is 5.73 Å². The van der Waals surface area contributed by atoms with E-state index >= 15 is 0 Å². The van der Waals surface area contributed by atoms with E-state index in [1.54, 1.807) is 0 Å². The van der Waals surface area contributed by atoms with Crippen LogP contribution in [0, 0.1) is 0 Å². The number of carbonyl (C=O) groups is 2. The molecule has 1 fully saturated rings. The van der Waals surface area contributed by atoms with E-state index in [0.29, 0.717) is 43.5 Å². The number of aromatic amines is 1. The molecule has 3 aromatic carbocycles. The lowest BCUT2D eigenvalue weighted by Crippen LogP contribution is -2.34. The largest absolute Gasteiger partial charge is 0.494 e. The highest BCUT2D eigenvalue weighted by atomic mass is 16.5. The average Bonchev–Trinajstić information content (AvgIpc) is 3.67. The Morgan fingerprint density at radius 3 is 2.57 bits per heavy atom. The minimum Gasteiger partial charge on any atom is -0.494 e. The number of imidazole rings is 1. The Bertz CT molecular complexity index is 1840. The molecule has 0 radical (unpaired) electrons. The van der Waals surface area contributed by atoms with Gasteiger partial charge in [0.05, 0.1) is 17.6 Å². The first-order chi connectivity index (χ1) is 22.9. The molecule has 1 aliphatic rings. The first-order valence-corrected chi connectivity index (χ1v) is 16.7. The van der Waals surface area contributed by atoms with Crippen molar-refractivity contribution in [3.63, 3.8) is 0 Å². The summed E-state index contributed by atoms with van der Waals surface area (Å²) in [5, 5.41) is 7.00. The van der Waals surface area contributed by atoms with Crippen molar-refractivity contribution in [1.82, 2.24) is 25.2 Å². The normalized spacial score (nSPS) is 14.3. The van der Waals surface area contributed by atoms with Gasteiger partial charge in [0.2, 0.25) is 0 Å². The molecule has 1 saturated carbocycles. The maximum absolute atomic E-state index is 13.5. The molecular weight excluding hydrogens is 592 g/mol. The van der Waals surface area contributed by atoms with E-state index in [1.165, 1.54) is 19.3 Å². The third-order valence-corrected chi connectivity index (χ3v) is 8.79. The van der Waals surface area contributed by atoms with Crippen molar-refractivity contribution in [2.45, 2.75) is 64.5 Å². The molecule has 0 bridgehead atoms. The number of hydrogen-bond acceptors (Lipinski definition) is 6. The number of aromatic nitrogens is 3. The second-order valence-electron chi connectivity index (χ2n) is 12.3. The van der Waals surface area contributed by atoms with E-state index in [0.717, 1.165) is 57.5 Å². The molecule has 2 heterocycles. The lowest BCUT2D eigenvalue weighted by molar-refractivity contribution is -0.123. The van der Waals surface area contributed by atoms with Crippen LogP contribution in [0.15, 0.2) is 66.9 Å². The van der Waals surface area contributed by atoms with Gasteiger partial charge in [0, 0.05) is 53.4 Å². The maximum Gasteiger partial charge on any atom is 0.257 e. The summed E-state index contributed by atoms with van der Waals surface area (Å²) in [4.78, 5) is 33.8. The number of carbonyl (C=O) groups excluding carboxylic acids is 2. The standard InChI is InChI=1S/C37H44N6O4/c1-3-46-30-14-15-32-31(21-30)27(22-40-32)19-24(2)41-37(45)26-11-16-34-33(20-26)42-36(43(34)28-7-5-4-6-8-28)25-9-12-29(13-10-25)47-23-35(44)39-18-17-38/h9-16,20-22,24,28,40H,3-8,17-19,23,38H2,1-2H3,(H,39,44)(H,41,45)/t24-/m1/s1. The second kappa shape index (κ2) is 14.7. The van der Waals surface area contributed by atoms with E-state index in [9.17, 15) is 9.59 Å². The molecule has 10 nitrogen and oxygen atoms in total. The predicted molar refractivity (Wildman–Crippen MR) is 185 cm³/mol.